The second-order valence-electron chi connectivity index (χ2n) is 6.04. The number of rotatable bonds is 4. The first-order chi connectivity index (χ1) is 12.0. The minimum Gasteiger partial charge on any atom is -0.273 e. The van der Waals surface area contributed by atoms with E-state index < -0.39 is 0 Å². The van der Waals surface area contributed by atoms with Crippen molar-refractivity contribution < 1.29 is 4.79 Å². The molecule has 0 saturated heterocycles. The lowest BCUT2D eigenvalue weighted by Crippen LogP contribution is -2.30. The molecule has 1 heterocycles. The summed E-state index contributed by atoms with van der Waals surface area (Å²) in [6, 6.07) is 13.6. The molecular formula is C20H18Cl2N2O. The van der Waals surface area contributed by atoms with Crippen molar-refractivity contribution in [3.8, 4) is 0 Å². The summed E-state index contributed by atoms with van der Waals surface area (Å²) in [5, 5.41) is 6.96. The van der Waals surface area contributed by atoms with Crippen molar-refractivity contribution in [3.63, 3.8) is 0 Å². The fraction of sp³-hybridized carbons (Fsp3) is 0.200. The highest BCUT2D eigenvalue weighted by molar-refractivity contribution is 6.42. The molecule has 0 saturated carbocycles. The van der Waals surface area contributed by atoms with Gasteiger partial charge < -0.3 is 0 Å². The van der Waals surface area contributed by atoms with Crippen LogP contribution in [0.4, 0.5) is 0 Å². The van der Waals surface area contributed by atoms with Gasteiger partial charge >= 0.3 is 0 Å². The molecule has 2 aromatic carbocycles. The zero-order chi connectivity index (χ0) is 17.8. The Morgan fingerprint density at radius 1 is 1.04 bits per heavy atom. The second-order valence-corrected chi connectivity index (χ2v) is 6.85. The number of aryl methyl sites for hydroxylation is 1. The van der Waals surface area contributed by atoms with Gasteiger partial charge in [-0.05, 0) is 36.3 Å². The maximum absolute atomic E-state index is 12.1. The lowest BCUT2D eigenvalue weighted by Gasteiger charge is -2.22. The van der Waals surface area contributed by atoms with Crippen molar-refractivity contribution in [1.82, 2.24) is 5.01 Å². The summed E-state index contributed by atoms with van der Waals surface area (Å²) in [7, 11) is 0. The van der Waals surface area contributed by atoms with Crippen molar-refractivity contribution >= 4 is 40.9 Å². The molecule has 2 aromatic rings. The van der Waals surface area contributed by atoms with Crippen molar-refractivity contribution in [1.29, 1.82) is 0 Å². The third-order valence-corrected chi connectivity index (χ3v) is 4.73. The lowest BCUT2D eigenvalue weighted by atomic mass is 10.1. The molecule has 1 aliphatic rings. The average Bonchev–Trinajstić information content (AvgIpc) is 2.60. The van der Waals surface area contributed by atoms with Gasteiger partial charge in [0.1, 0.15) is 0 Å². The van der Waals surface area contributed by atoms with Gasteiger partial charge in [0.15, 0.2) is 0 Å². The molecule has 0 spiro atoms. The topological polar surface area (TPSA) is 32.7 Å². The summed E-state index contributed by atoms with van der Waals surface area (Å²) in [4.78, 5) is 12.1. The highest BCUT2D eigenvalue weighted by Crippen LogP contribution is 2.24. The van der Waals surface area contributed by atoms with Crippen LogP contribution in [0, 0.1) is 6.92 Å². The number of hydrazone groups is 1. The lowest BCUT2D eigenvalue weighted by molar-refractivity contribution is -0.132. The highest BCUT2D eigenvalue weighted by Gasteiger charge is 2.19. The Hall–Kier alpha value is -2.10. The van der Waals surface area contributed by atoms with Gasteiger partial charge in [-0.15, -0.1) is 0 Å². The van der Waals surface area contributed by atoms with E-state index in [1.54, 1.807) is 12.1 Å². The van der Waals surface area contributed by atoms with Gasteiger partial charge in [-0.2, -0.15) is 5.10 Å². The van der Waals surface area contributed by atoms with Crippen molar-refractivity contribution in [3.05, 3.63) is 75.3 Å². The van der Waals surface area contributed by atoms with Gasteiger partial charge in [-0.3, -0.25) is 4.79 Å². The van der Waals surface area contributed by atoms with E-state index >= 15 is 0 Å². The van der Waals surface area contributed by atoms with E-state index in [2.05, 4.69) is 36.3 Å². The summed E-state index contributed by atoms with van der Waals surface area (Å²) >= 11 is 12.0. The number of allylic oxidation sites excluding steroid dienone is 1. The van der Waals surface area contributed by atoms with Crippen LogP contribution in [-0.4, -0.2) is 16.6 Å². The van der Waals surface area contributed by atoms with E-state index in [4.69, 9.17) is 23.2 Å². The minimum absolute atomic E-state index is 0.0126. The predicted octanol–water partition coefficient (Wildman–Crippen LogP) is 5.49. The molecular weight excluding hydrogens is 355 g/mol. The van der Waals surface area contributed by atoms with Crippen LogP contribution in [0.2, 0.25) is 10.0 Å². The van der Waals surface area contributed by atoms with Gasteiger partial charge in [-0.25, -0.2) is 5.01 Å². The van der Waals surface area contributed by atoms with Gasteiger partial charge in [0, 0.05) is 12.8 Å². The molecule has 128 valence electrons. The van der Waals surface area contributed by atoms with Crippen LogP contribution >= 0.6 is 23.2 Å². The number of carbonyl (C=O) groups is 1. The van der Waals surface area contributed by atoms with Gasteiger partial charge in [0.25, 0.3) is 0 Å². The van der Waals surface area contributed by atoms with Crippen molar-refractivity contribution in [2.24, 2.45) is 5.10 Å². The first-order valence-corrected chi connectivity index (χ1v) is 8.83. The number of benzene rings is 2. The predicted molar refractivity (Wildman–Crippen MR) is 104 cm³/mol. The number of hydrogen-bond acceptors (Lipinski definition) is 2. The normalized spacial score (nSPS) is 14.9. The van der Waals surface area contributed by atoms with Crippen LogP contribution < -0.4 is 0 Å². The SMILES string of the molecule is Cc1ccc(C=CC2=NN(Cc3ccc(Cl)c(Cl)c3)C(=O)CC2)cc1. The van der Waals surface area contributed by atoms with Gasteiger partial charge in [0.2, 0.25) is 5.91 Å². The average molecular weight is 373 g/mol. The molecule has 1 aliphatic heterocycles. The summed E-state index contributed by atoms with van der Waals surface area (Å²) in [5.74, 6) is 0.0126. The molecule has 0 radical (unpaired) electrons. The molecule has 3 nitrogen and oxygen atoms in total. The smallest absolute Gasteiger partial charge is 0.243 e. The van der Waals surface area contributed by atoms with E-state index in [1.807, 2.05) is 18.2 Å². The van der Waals surface area contributed by atoms with Crippen molar-refractivity contribution in [2.75, 3.05) is 0 Å². The fourth-order valence-corrected chi connectivity index (χ4v) is 2.87. The molecule has 0 unspecified atom stereocenters. The van der Waals surface area contributed by atoms with Crippen LogP contribution in [0.1, 0.15) is 29.5 Å². The van der Waals surface area contributed by atoms with E-state index in [0.29, 0.717) is 29.4 Å². The molecule has 0 atom stereocenters. The standard InChI is InChI=1S/C20H18Cl2N2O/c1-14-2-4-15(5-3-14)6-8-17-9-11-20(25)24(23-17)13-16-7-10-18(21)19(22)12-16/h2-8,10,12H,9,11,13H2,1H3. The summed E-state index contributed by atoms with van der Waals surface area (Å²) in [6.45, 7) is 2.45. The van der Waals surface area contributed by atoms with E-state index in [9.17, 15) is 4.79 Å². The summed E-state index contributed by atoms with van der Waals surface area (Å²) in [5.41, 5.74) is 4.13. The highest BCUT2D eigenvalue weighted by atomic mass is 35.5. The van der Waals surface area contributed by atoms with E-state index in [-0.39, 0.29) is 5.91 Å². The molecule has 0 aliphatic carbocycles. The Morgan fingerprint density at radius 3 is 2.52 bits per heavy atom. The quantitative estimate of drug-likeness (QED) is 0.697. The third-order valence-electron chi connectivity index (χ3n) is 3.99. The molecule has 0 fully saturated rings. The van der Waals surface area contributed by atoms with E-state index in [1.165, 1.54) is 10.6 Å². The van der Waals surface area contributed by atoms with Crippen LogP contribution in [-0.2, 0) is 11.3 Å². The number of carbonyl (C=O) groups excluding carboxylic acids is 1. The number of halogens is 2. The van der Waals surface area contributed by atoms with Crippen LogP contribution in [0.5, 0.6) is 0 Å². The van der Waals surface area contributed by atoms with Gasteiger partial charge in [-0.1, -0.05) is 65.2 Å². The Morgan fingerprint density at radius 2 is 1.80 bits per heavy atom. The zero-order valence-electron chi connectivity index (χ0n) is 13.9. The summed E-state index contributed by atoms with van der Waals surface area (Å²) < 4.78 is 0. The molecule has 25 heavy (non-hydrogen) atoms. The van der Waals surface area contributed by atoms with Crippen molar-refractivity contribution in [2.45, 2.75) is 26.3 Å². The van der Waals surface area contributed by atoms with Crippen LogP contribution in [0.3, 0.4) is 0 Å². The first kappa shape index (κ1) is 17.7. The number of nitrogens with zero attached hydrogens (tertiary/aromatic N) is 2. The molecule has 3 rings (SSSR count). The molecule has 1 amide bonds. The minimum atomic E-state index is 0.0126. The monoisotopic (exact) mass is 372 g/mol. The maximum Gasteiger partial charge on any atom is 0.243 e. The number of amides is 1. The number of hydrogen-bond donors (Lipinski definition) is 0. The molecule has 0 bridgehead atoms. The third kappa shape index (κ3) is 4.71. The fourth-order valence-electron chi connectivity index (χ4n) is 2.55. The summed E-state index contributed by atoms with van der Waals surface area (Å²) in [6.07, 6.45) is 5.10. The second kappa shape index (κ2) is 7.85. The largest absolute Gasteiger partial charge is 0.273 e. The zero-order valence-corrected chi connectivity index (χ0v) is 15.4. The molecule has 0 aromatic heterocycles. The van der Waals surface area contributed by atoms with Gasteiger partial charge in [0.05, 0.1) is 22.3 Å². The maximum atomic E-state index is 12.1. The Balaban J connectivity index is 1.74. The van der Waals surface area contributed by atoms with Crippen LogP contribution in [0.25, 0.3) is 6.08 Å². The Bertz CT molecular complexity index is 841. The molecule has 0 N–H and O–H groups in total. The Kier molecular flexibility index (Phi) is 5.57. The Labute approximate surface area is 157 Å². The van der Waals surface area contributed by atoms with Crippen LogP contribution in [0.15, 0.2) is 53.6 Å². The first-order valence-electron chi connectivity index (χ1n) is 8.08. The van der Waals surface area contributed by atoms with E-state index in [0.717, 1.165) is 16.8 Å². The molecule has 5 heteroatoms.